The van der Waals surface area contributed by atoms with Crippen molar-refractivity contribution in [2.75, 3.05) is 13.1 Å². The Kier molecular flexibility index (Phi) is 4.46. The first-order chi connectivity index (χ1) is 9.31. The van der Waals surface area contributed by atoms with E-state index in [-0.39, 0.29) is 16.9 Å². The zero-order valence-electron chi connectivity index (χ0n) is 12.0. The number of rotatable bonds is 3. The number of halogens is 1. The summed E-state index contributed by atoms with van der Waals surface area (Å²) in [5.41, 5.74) is 0.883. The SMILES string of the molecule is Cc1cc(F)cc(C)c1S(=O)(=O)NC1CCNCC1C. The van der Waals surface area contributed by atoms with E-state index in [2.05, 4.69) is 10.0 Å². The van der Waals surface area contributed by atoms with Gasteiger partial charge in [0.05, 0.1) is 4.90 Å². The first kappa shape index (κ1) is 15.4. The maximum atomic E-state index is 13.3. The minimum atomic E-state index is -3.62. The van der Waals surface area contributed by atoms with Gasteiger partial charge in [0.15, 0.2) is 0 Å². The number of benzene rings is 1. The molecule has 1 aromatic carbocycles. The van der Waals surface area contributed by atoms with Crippen LogP contribution in [0.15, 0.2) is 17.0 Å². The molecule has 20 heavy (non-hydrogen) atoms. The minimum absolute atomic E-state index is 0.0786. The van der Waals surface area contributed by atoms with Crippen LogP contribution in [0.5, 0.6) is 0 Å². The molecule has 0 bridgehead atoms. The molecule has 0 saturated carbocycles. The lowest BCUT2D eigenvalue weighted by molar-refractivity contribution is 0.328. The van der Waals surface area contributed by atoms with E-state index in [0.29, 0.717) is 11.1 Å². The van der Waals surface area contributed by atoms with Gasteiger partial charge in [0.1, 0.15) is 5.82 Å². The summed E-state index contributed by atoms with van der Waals surface area (Å²) < 4.78 is 41.2. The molecule has 2 N–H and O–H groups in total. The molecule has 1 saturated heterocycles. The van der Waals surface area contributed by atoms with Gasteiger partial charge in [0.25, 0.3) is 0 Å². The Morgan fingerprint density at radius 2 is 1.90 bits per heavy atom. The zero-order chi connectivity index (χ0) is 14.9. The highest BCUT2D eigenvalue weighted by Crippen LogP contribution is 2.23. The van der Waals surface area contributed by atoms with Crippen molar-refractivity contribution in [1.29, 1.82) is 0 Å². The van der Waals surface area contributed by atoms with Crippen LogP contribution < -0.4 is 10.0 Å². The molecular weight excluding hydrogens is 279 g/mol. The fourth-order valence-corrected chi connectivity index (χ4v) is 4.60. The molecule has 6 heteroatoms. The Balaban J connectivity index is 2.31. The highest BCUT2D eigenvalue weighted by molar-refractivity contribution is 7.89. The normalized spacial score (nSPS) is 23.8. The molecule has 1 aromatic rings. The highest BCUT2D eigenvalue weighted by Gasteiger charge is 2.28. The first-order valence-corrected chi connectivity index (χ1v) is 8.29. The third-order valence-corrected chi connectivity index (χ3v) is 5.58. The monoisotopic (exact) mass is 300 g/mol. The van der Waals surface area contributed by atoms with E-state index in [9.17, 15) is 12.8 Å². The molecule has 1 heterocycles. The predicted octanol–water partition coefficient (Wildman–Crippen LogP) is 1.72. The molecule has 1 aliphatic heterocycles. The second-order valence-electron chi connectivity index (χ2n) is 5.57. The van der Waals surface area contributed by atoms with Gasteiger partial charge in [-0.15, -0.1) is 0 Å². The van der Waals surface area contributed by atoms with Crippen LogP contribution in [0.2, 0.25) is 0 Å². The van der Waals surface area contributed by atoms with Gasteiger partial charge in [0.2, 0.25) is 10.0 Å². The van der Waals surface area contributed by atoms with Crippen molar-refractivity contribution < 1.29 is 12.8 Å². The Morgan fingerprint density at radius 3 is 2.45 bits per heavy atom. The van der Waals surface area contributed by atoms with Gasteiger partial charge in [-0.25, -0.2) is 17.5 Å². The van der Waals surface area contributed by atoms with Crippen LogP contribution in [0.1, 0.15) is 24.5 Å². The van der Waals surface area contributed by atoms with Crippen molar-refractivity contribution in [3.05, 3.63) is 29.1 Å². The standard InChI is InChI=1S/C14H21FN2O2S/c1-9-6-12(15)7-10(2)14(9)20(18,19)17-13-4-5-16-8-11(13)3/h6-7,11,13,16-17H,4-5,8H2,1-3H3. The van der Waals surface area contributed by atoms with E-state index in [1.165, 1.54) is 12.1 Å². The summed E-state index contributed by atoms with van der Waals surface area (Å²) >= 11 is 0. The van der Waals surface area contributed by atoms with Crippen molar-refractivity contribution in [2.45, 2.75) is 38.1 Å². The van der Waals surface area contributed by atoms with Gasteiger partial charge < -0.3 is 5.32 Å². The van der Waals surface area contributed by atoms with Crippen LogP contribution in [0.25, 0.3) is 0 Å². The number of nitrogens with one attached hydrogen (secondary N) is 2. The fraction of sp³-hybridized carbons (Fsp3) is 0.571. The van der Waals surface area contributed by atoms with E-state index in [1.54, 1.807) is 13.8 Å². The van der Waals surface area contributed by atoms with Gasteiger partial charge >= 0.3 is 0 Å². The summed E-state index contributed by atoms with van der Waals surface area (Å²) in [6, 6.07) is 2.44. The van der Waals surface area contributed by atoms with Crippen molar-refractivity contribution in [1.82, 2.24) is 10.0 Å². The number of hydrogen-bond donors (Lipinski definition) is 2. The van der Waals surface area contributed by atoms with Crippen molar-refractivity contribution >= 4 is 10.0 Å². The molecule has 2 unspecified atom stereocenters. The predicted molar refractivity (Wildman–Crippen MR) is 76.6 cm³/mol. The largest absolute Gasteiger partial charge is 0.316 e. The van der Waals surface area contributed by atoms with Crippen LogP contribution in [-0.4, -0.2) is 27.5 Å². The second-order valence-corrected chi connectivity index (χ2v) is 7.22. The highest BCUT2D eigenvalue weighted by atomic mass is 32.2. The maximum absolute atomic E-state index is 13.3. The molecule has 112 valence electrons. The molecule has 0 aliphatic carbocycles. The third-order valence-electron chi connectivity index (χ3n) is 3.79. The van der Waals surface area contributed by atoms with E-state index < -0.39 is 15.8 Å². The van der Waals surface area contributed by atoms with Gasteiger partial charge in [0, 0.05) is 6.04 Å². The molecule has 2 rings (SSSR count). The summed E-state index contributed by atoms with van der Waals surface area (Å²) in [6.45, 7) is 6.87. The molecule has 0 aromatic heterocycles. The van der Waals surface area contributed by atoms with E-state index in [1.807, 2.05) is 6.92 Å². The Bertz CT molecular complexity index is 578. The van der Waals surface area contributed by atoms with Crippen LogP contribution in [0.3, 0.4) is 0 Å². The lowest BCUT2D eigenvalue weighted by Gasteiger charge is -2.30. The summed E-state index contributed by atoms with van der Waals surface area (Å²) in [5, 5.41) is 3.24. The van der Waals surface area contributed by atoms with Crippen LogP contribution in [0.4, 0.5) is 4.39 Å². The van der Waals surface area contributed by atoms with Crippen LogP contribution in [-0.2, 0) is 10.0 Å². The summed E-state index contributed by atoms with van der Waals surface area (Å²) in [7, 11) is -3.62. The quantitative estimate of drug-likeness (QED) is 0.893. The maximum Gasteiger partial charge on any atom is 0.241 e. The van der Waals surface area contributed by atoms with E-state index in [4.69, 9.17) is 0 Å². The Morgan fingerprint density at radius 1 is 1.30 bits per heavy atom. The third kappa shape index (κ3) is 3.19. The molecule has 1 fully saturated rings. The topological polar surface area (TPSA) is 58.2 Å². The van der Waals surface area contributed by atoms with Crippen LogP contribution >= 0.6 is 0 Å². The average molecular weight is 300 g/mol. The molecule has 4 nitrogen and oxygen atoms in total. The summed E-state index contributed by atoms with van der Waals surface area (Å²) in [5.74, 6) is -0.172. The molecule has 0 amide bonds. The van der Waals surface area contributed by atoms with Gasteiger partial charge in [-0.1, -0.05) is 6.92 Å². The lowest BCUT2D eigenvalue weighted by Crippen LogP contribution is -2.48. The molecule has 1 aliphatic rings. The number of hydrogen-bond acceptors (Lipinski definition) is 3. The number of piperidine rings is 1. The van der Waals surface area contributed by atoms with Crippen molar-refractivity contribution in [3.8, 4) is 0 Å². The van der Waals surface area contributed by atoms with Crippen LogP contribution in [0, 0.1) is 25.6 Å². The summed E-state index contributed by atoms with van der Waals surface area (Å²) in [4.78, 5) is 0.199. The smallest absolute Gasteiger partial charge is 0.241 e. The van der Waals surface area contributed by atoms with Gasteiger partial charge in [-0.2, -0.15) is 0 Å². The Hall–Kier alpha value is -0.980. The molecular formula is C14H21FN2O2S. The summed E-state index contributed by atoms with van der Waals surface area (Å²) in [6.07, 6.45) is 0.764. The first-order valence-electron chi connectivity index (χ1n) is 6.81. The minimum Gasteiger partial charge on any atom is -0.316 e. The molecule has 0 spiro atoms. The zero-order valence-corrected chi connectivity index (χ0v) is 12.8. The van der Waals surface area contributed by atoms with Crippen molar-refractivity contribution in [3.63, 3.8) is 0 Å². The van der Waals surface area contributed by atoms with Gasteiger partial charge in [-0.3, -0.25) is 0 Å². The molecule has 2 atom stereocenters. The lowest BCUT2D eigenvalue weighted by atomic mass is 9.97. The fourth-order valence-electron chi connectivity index (χ4n) is 2.77. The average Bonchev–Trinajstić information content (AvgIpc) is 2.30. The Labute approximate surface area is 119 Å². The number of sulfonamides is 1. The van der Waals surface area contributed by atoms with Crippen molar-refractivity contribution in [2.24, 2.45) is 5.92 Å². The van der Waals surface area contributed by atoms with E-state index >= 15 is 0 Å². The van der Waals surface area contributed by atoms with E-state index in [0.717, 1.165) is 19.5 Å². The number of aryl methyl sites for hydroxylation is 2. The second kappa shape index (κ2) is 5.79. The van der Waals surface area contributed by atoms with Gasteiger partial charge in [-0.05, 0) is 62.5 Å². The molecule has 0 radical (unpaired) electrons.